The molecule has 1 aromatic rings. The van der Waals surface area contributed by atoms with Crippen LogP contribution < -0.4 is 10.6 Å². The fraction of sp³-hybridized carbons (Fsp3) is 0.579. The maximum absolute atomic E-state index is 12.8. The van der Waals surface area contributed by atoms with Crippen LogP contribution in [0.15, 0.2) is 18.2 Å². The van der Waals surface area contributed by atoms with Gasteiger partial charge in [0.25, 0.3) is 0 Å². The summed E-state index contributed by atoms with van der Waals surface area (Å²) in [4.78, 5) is 25.5. The summed E-state index contributed by atoms with van der Waals surface area (Å²) in [6, 6.07) is 4.56. The first kappa shape index (κ1) is 20.4. The zero-order valence-corrected chi connectivity index (χ0v) is 16.7. The molecule has 3 rings (SSSR count). The average Bonchev–Trinajstić information content (AvgIpc) is 2.54. The van der Waals surface area contributed by atoms with Crippen LogP contribution in [0, 0.1) is 11.8 Å². The third kappa shape index (κ3) is 4.09. The summed E-state index contributed by atoms with van der Waals surface area (Å²) in [5, 5.41) is 27.7. The van der Waals surface area contributed by atoms with Gasteiger partial charge in [-0.1, -0.05) is 29.3 Å². The molecule has 0 aromatic heterocycles. The Bertz CT molecular complexity index is 708. The Morgan fingerprint density at radius 2 is 1.41 bits per heavy atom. The number of amides is 2. The Morgan fingerprint density at radius 1 is 0.926 bits per heavy atom. The zero-order chi connectivity index (χ0) is 19.9. The number of carbonyl (C=O) groups excluding carboxylic acids is 2. The maximum atomic E-state index is 12.8. The number of hydrogen-bond acceptors (Lipinski definition) is 4. The third-order valence-corrected chi connectivity index (χ3v) is 6.24. The van der Waals surface area contributed by atoms with Crippen LogP contribution in [-0.4, -0.2) is 46.3 Å². The minimum atomic E-state index is -0.937. The summed E-state index contributed by atoms with van der Waals surface area (Å²) in [7, 11) is 0. The molecule has 2 amide bonds. The summed E-state index contributed by atoms with van der Waals surface area (Å²) in [6.45, 7) is 3.63. The van der Waals surface area contributed by atoms with Gasteiger partial charge < -0.3 is 20.8 Å². The molecule has 0 aliphatic carbocycles. The van der Waals surface area contributed by atoms with Crippen LogP contribution in [0.3, 0.4) is 0 Å². The van der Waals surface area contributed by atoms with Crippen LogP contribution in [0.4, 0.5) is 0 Å². The Hall–Kier alpha value is -1.34. The van der Waals surface area contributed by atoms with Crippen molar-refractivity contribution in [1.82, 2.24) is 10.6 Å². The van der Waals surface area contributed by atoms with Gasteiger partial charge in [0, 0.05) is 18.0 Å². The average molecular weight is 415 g/mol. The van der Waals surface area contributed by atoms with Gasteiger partial charge in [-0.3, -0.25) is 9.59 Å². The fourth-order valence-corrected chi connectivity index (χ4v) is 4.63. The minimum Gasteiger partial charge on any atom is -0.392 e. The quantitative estimate of drug-likeness (QED) is 0.606. The summed E-state index contributed by atoms with van der Waals surface area (Å²) < 4.78 is 0. The number of hydrogen-bond donors (Lipinski definition) is 4. The molecule has 2 aliphatic rings. The molecule has 4 N–H and O–H groups in total. The molecule has 0 spiro atoms. The smallest absolute Gasteiger partial charge is 0.226 e. The van der Waals surface area contributed by atoms with E-state index in [9.17, 15) is 19.8 Å². The van der Waals surface area contributed by atoms with Gasteiger partial charge in [0.2, 0.25) is 11.8 Å². The minimum absolute atomic E-state index is 0.164. The molecular formula is C19H24Cl2N2O4. The Labute approximate surface area is 168 Å². The molecule has 148 valence electrons. The van der Waals surface area contributed by atoms with Crippen molar-refractivity contribution in [2.75, 3.05) is 0 Å². The first-order valence-electron chi connectivity index (χ1n) is 9.11. The van der Waals surface area contributed by atoms with Crippen LogP contribution in [-0.2, 0) is 9.59 Å². The van der Waals surface area contributed by atoms with E-state index in [2.05, 4.69) is 10.6 Å². The van der Waals surface area contributed by atoms with Crippen molar-refractivity contribution in [1.29, 1.82) is 0 Å². The Kier molecular flexibility index (Phi) is 6.01. The second-order valence-corrected chi connectivity index (χ2v) is 8.49. The summed E-state index contributed by atoms with van der Waals surface area (Å²) in [5.41, 5.74) is 0.590. The van der Waals surface area contributed by atoms with Crippen LogP contribution >= 0.6 is 23.2 Å². The van der Waals surface area contributed by atoms with Gasteiger partial charge in [-0.25, -0.2) is 0 Å². The fourth-order valence-electron chi connectivity index (χ4n) is 4.33. The highest BCUT2D eigenvalue weighted by molar-refractivity contribution is 6.42. The topological polar surface area (TPSA) is 98.7 Å². The predicted molar refractivity (Wildman–Crippen MR) is 103 cm³/mol. The zero-order valence-electron chi connectivity index (χ0n) is 15.2. The molecule has 0 radical (unpaired) electrons. The van der Waals surface area contributed by atoms with Gasteiger partial charge in [-0.15, -0.1) is 0 Å². The number of aliphatic hydroxyl groups is 2. The first-order valence-corrected chi connectivity index (χ1v) is 9.86. The number of rotatable bonds is 3. The molecule has 6 unspecified atom stereocenters. The largest absolute Gasteiger partial charge is 0.392 e. The van der Waals surface area contributed by atoms with Gasteiger partial charge in [0.15, 0.2) is 0 Å². The van der Waals surface area contributed by atoms with E-state index in [-0.39, 0.29) is 28.9 Å². The monoisotopic (exact) mass is 414 g/mol. The maximum Gasteiger partial charge on any atom is 0.226 e. The second-order valence-electron chi connectivity index (χ2n) is 7.68. The number of nitrogens with one attached hydrogen (secondary N) is 2. The van der Waals surface area contributed by atoms with Gasteiger partial charge in [-0.2, -0.15) is 0 Å². The molecule has 6 nitrogen and oxygen atoms in total. The van der Waals surface area contributed by atoms with Crippen molar-refractivity contribution >= 4 is 35.0 Å². The van der Waals surface area contributed by atoms with Crippen LogP contribution in [0.25, 0.3) is 0 Å². The molecule has 8 heteroatoms. The Balaban J connectivity index is 2.07. The lowest BCUT2D eigenvalue weighted by Gasteiger charge is -2.43. The van der Waals surface area contributed by atoms with E-state index in [1.165, 1.54) is 0 Å². The van der Waals surface area contributed by atoms with Crippen molar-refractivity contribution in [2.45, 2.75) is 56.9 Å². The Morgan fingerprint density at radius 3 is 1.81 bits per heavy atom. The van der Waals surface area contributed by atoms with E-state index in [4.69, 9.17) is 23.2 Å². The van der Waals surface area contributed by atoms with E-state index in [0.29, 0.717) is 23.4 Å². The standard InChI is InChI=1S/C19H24Cl2N2O4/c1-8-5-13(24)16(18(26)22-8)15(10-3-4-11(20)12(21)7-10)17-14(25)6-9(2)23-19(17)27/h3-4,7-9,13-17,24-25H,5-6H2,1-2H3,(H,22,26)(H,23,27). The van der Waals surface area contributed by atoms with Crippen molar-refractivity contribution in [3.8, 4) is 0 Å². The molecule has 2 aliphatic heterocycles. The lowest BCUT2D eigenvalue weighted by molar-refractivity contribution is -0.142. The second kappa shape index (κ2) is 7.95. The molecule has 2 heterocycles. The molecule has 0 bridgehead atoms. The number of benzene rings is 1. The lowest BCUT2D eigenvalue weighted by atomic mass is 9.68. The SMILES string of the molecule is CC1CC(O)C(C(c2ccc(Cl)c(Cl)c2)C2C(=O)NC(C)CC2O)C(=O)N1. The highest BCUT2D eigenvalue weighted by Gasteiger charge is 2.49. The van der Waals surface area contributed by atoms with E-state index >= 15 is 0 Å². The summed E-state index contributed by atoms with van der Waals surface area (Å²) >= 11 is 12.2. The van der Waals surface area contributed by atoms with Gasteiger partial charge >= 0.3 is 0 Å². The van der Waals surface area contributed by atoms with Crippen LogP contribution in [0.2, 0.25) is 10.0 Å². The van der Waals surface area contributed by atoms with Crippen LogP contribution in [0.5, 0.6) is 0 Å². The number of piperidine rings is 2. The normalized spacial score (nSPS) is 35.3. The highest BCUT2D eigenvalue weighted by Crippen LogP contribution is 2.42. The van der Waals surface area contributed by atoms with Crippen molar-refractivity contribution in [2.24, 2.45) is 11.8 Å². The summed E-state index contributed by atoms with van der Waals surface area (Å²) in [5.74, 6) is -3.16. The van der Waals surface area contributed by atoms with Crippen molar-refractivity contribution < 1.29 is 19.8 Å². The lowest BCUT2D eigenvalue weighted by Crippen LogP contribution is -2.58. The van der Waals surface area contributed by atoms with E-state index in [0.717, 1.165) is 0 Å². The van der Waals surface area contributed by atoms with Gasteiger partial charge in [0.05, 0.1) is 34.1 Å². The third-order valence-electron chi connectivity index (χ3n) is 5.50. The van der Waals surface area contributed by atoms with E-state index in [1.807, 2.05) is 13.8 Å². The number of carbonyl (C=O) groups is 2. The highest BCUT2D eigenvalue weighted by atomic mass is 35.5. The summed E-state index contributed by atoms with van der Waals surface area (Å²) in [6.07, 6.45) is -1.13. The molecular weight excluding hydrogens is 391 g/mol. The van der Waals surface area contributed by atoms with Crippen molar-refractivity contribution in [3.63, 3.8) is 0 Å². The molecule has 2 saturated heterocycles. The molecule has 27 heavy (non-hydrogen) atoms. The van der Waals surface area contributed by atoms with Gasteiger partial charge in [0.1, 0.15) is 0 Å². The van der Waals surface area contributed by atoms with Crippen molar-refractivity contribution in [3.05, 3.63) is 33.8 Å². The molecule has 1 aromatic carbocycles. The molecule has 2 fully saturated rings. The van der Waals surface area contributed by atoms with E-state index < -0.39 is 30.0 Å². The first-order chi connectivity index (χ1) is 12.7. The number of halogens is 2. The molecule has 0 saturated carbocycles. The predicted octanol–water partition coefficient (Wildman–Crippen LogP) is 1.85. The molecule has 6 atom stereocenters. The van der Waals surface area contributed by atoms with Gasteiger partial charge in [-0.05, 0) is 44.4 Å². The van der Waals surface area contributed by atoms with E-state index in [1.54, 1.807) is 18.2 Å². The number of aliphatic hydroxyl groups excluding tert-OH is 2. The van der Waals surface area contributed by atoms with Crippen LogP contribution in [0.1, 0.15) is 38.2 Å².